The second kappa shape index (κ2) is 4.39. The monoisotopic (exact) mass is 282 g/mol. The summed E-state index contributed by atoms with van der Waals surface area (Å²) in [6.07, 6.45) is 0.995. The number of H-pyrrole nitrogens is 1. The molecule has 100 valence electrons. The zero-order valence-corrected chi connectivity index (χ0v) is 10.6. The van der Waals surface area contributed by atoms with Gasteiger partial charge in [0.15, 0.2) is 5.43 Å². The summed E-state index contributed by atoms with van der Waals surface area (Å²) >= 11 is 0. The Bertz CT molecular complexity index is 823. The second-order valence-electron chi connectivity index (χ2n) is 3.99. The van der Waals surface area contributed by atoms with E-state index in [0.29, 0.717) is 5.52 Å². The SMILES string of the molecule is CS(=O)(=O)Nc1ccc2[nH]c(C(=O)O)cc(=O)c2c1. The molecule has 3 N–H and O–H groups in total. The van der Waals surface area contributed by atoms with Gasteiger partial charge < -0.3 is 10.1 Å². The minimum atomic E-state index is -3.44. The number of hydrogen-bond acceptors (Lipinski definition) is 4. The van der Waals surface area contributed by atoms with Gasteiger partial charge in [0.05, 0.1) is 11.8 Å². The van der Waals surface area contributed by atoms with E-state index in [2.05, 4.69) is 9.71 Å². The molecule has 2 aromatic rings. The van der Waals surface area contributed by atoms with Crippen molar-refractivity contribution in [1.29, 1.82) is 0 Å². The number of sulfonamides is 1. The molecule has 1 aromatic carbocycles. The molecule has 0 aliphatic heterocycles. The fourth-order valence-corrected chi connectivity index (χ4v) is 2.20. The number of benzene rings is 1. The third kappa shape index (κ3) is 2.91. The van der Waals surface area contributed by atoms with Crippen LogP contribution < -0.4 is 10.2 Å². The van der Waals surface area contributed by atoms with Crippen molar-refractivity contribution >= 4 is 32.6 Å². The van der Waals surface area contributed by atoms with Crippen molar-refractivity contribution in [2.75, 3.05) is 11.0 Å². The maximum absolute atomic E-state index is 11.8. The normalized spacial score (nSPS) is 11.4. The highest BCUT2D eigenvalue weighted by Gasteiger charge is 2.09. The van der Waals surface area contributed by atoms with Crippen molar-refractivity contribution in [3.63, 3.8) is 0 Å². The molecule has 8 heteroatoms. The van der Waals surface area contributed by atoms with E-state index in [9.17, 15) is 18.0 Å². The highest BCUT2D eigenvalue weighted by Crippen LogP contribution is 2.16. The van der Waals surface area contributed by atoms with Gasteiger partial charge in [0.2, 0.25) is 10.0 Å². The molecule has 1 heterocycles. The fraction of sp³-hybridized carbons (Fsp3) is 0.0909. The maximum Gasteiger partial charge on any atom is 0.352 e. The van der Waals surface area contributed by atoms with Crippen LogP contribution in [-0.4, -0.2) is 30.7 Å². The molecule has 0 saturated heterocycles. The van der Waals surface area contributed by atoms with Crippen molar-refractivity contribution in [1.82, 2.24) is 4.98 Å². The first-order valence-electron chi connectivity index (χ1n) is 5.14. The fourth-order valence-electron chi connectivity index (χ4n) is 1.64. The Morgan fingerprint density at radius 2 is 2.00 bits per heavy atom. The van der Waals surface area contributed by atoms with Crippen molar-refractivity contribution in [2.24, 2.45) is 0 Å². The number of rotatable bonds is 3. The molecule has 0 spiro atoms. The number of hydrogen-bond donors (Lipinski definition) is 3. The van der Waals surface area contributed by atoms with Crippen LogP contribution in [0.25, 0.3) is 10.9 Å². The molecule has 0 saturated carbocycles. The van der Waals surface area contributed by atoms with Gasteiger partial charge in [0, 0.05) is 17.1 Å². The van der Waals surface area contributed by atoms with Crippen molar-refractivity contribution in [2.45, 2.75) is 0 Å². The van der Waals surface area contributed by atoms with Gasteiger partial charge in [0.1, 0.15) is 5.69 Å². The molecule has 0 amide bonds. The van der Waals surface area contributed by atoms with E-state index in [0.717, 1.165) is 12.3 Å². The van der Waals surface area contributed by atoms with Crippen LogP contribution in [0, 0.1) is 0 Å². The Morgan fingerprint density at radius 1 is 1.32 bits per heavy atom. The average molecular weight is 282 g/mol. The molecule has 0 atom stereocenters. The number of aromatic carboxylic acids is 1. The molecule has 2 rings (SSSR count). The smallest absolute Gasteiger partial charge is 0.352 e. The van der Waals surface area contributed by atoms with Crippen LogP contribution in [0.5, 0.6) is 0 Å². The molecule has 0 bridgehead atoms. The van der Waals surface area contributed by atoms with Crippen LogP contribution in [0.2, 0.25) is 0 Å². The quantitative estimate of drug-likeness (QED) is 0.762. The highest BCUT2D eigenvalue weighted by molar-refractivity contribution is 7.92. The maximum atomic E-state index is 11.8. The Balaban J connectivity index is 2.62. The molecular weight excluding hydrogens is 272 g/mol. The highest BCUT2D eigenvalue weighted by atomic mass is 32.2. The number of anilines is 1. The lowest BCUT2D eigenvalue weighted by Crippen LogP contribution is -2.12. The summed E-state index contributed by atoms with van der Waals surface area (Å²) in [5.74, 6) is -1.24. The van der Waals surface area contributed by atoms with Crippen LogP contribution in [0.4, 0.5) is 5.69 Å². The van der Waals surface area contributed by atoms with Gasteiger partial charge >= 0.3 is 5.97 Å². The van der Waals surface area contributed by atoms with E-state index in [1.807, 2.05) is 0 Å². The average Bonchev–Trinajstić information content (AvgIpc) is 2.27. The minimum absolute atomic E-state index is 0.207. The number of pyridine rings is 1. The Kier molecular flexibility index (Phi) is 3.03. The van der Waals surface area contributed by atoms with E-state index in [1.54, 1.807) is 0 Å². The molecule has 1 aromatic heterocycles. The topological polar surface area (TPSA) is 116 Å². The van der Waals surface area contributed by atoms with E-state index in [-0.39, 0.29) is 16.8 Å². The van der Waals surface area contributed by atoms with Crippen LogP contribution in [-0.2, 0) is 10.0 Å². The van der Waals surface area contributed by atoms with Gasteiger partial charge in [-0.05, 0) is 18.2 Å². The predicted octanol–water partition coefficient (Wildman–Crippen LogP) is 0.598. The van der Waals surface area contributed by atoms with E-state index < -0.39 is 21.4 Å². The Hall–Kier alpha value is -2.35. The van der Waals surface area contributed by atoms with E-state index in [4.69, 9.17) is 5.11 Å². The van der Waals surface area contributed by atoms with Crippen LogP contribution >= 0.6 is 0 Å². The minimum Gasteiger partial charge on any atom is -0.477 e. The van der Waals surface area contributed by atoms with E-state index in [1.165, 1.54) is 18.2 Å². The zero-order valence-electron chi connectivity index (χ0n) is 9.80. The first kappa shape index (κ1) is 13.1. The molecule has 0 aliphatic rings. The van der Waals surface area contributed by atoms with E-state index >= 15 is 0 Å². The molecule has 0 radical (unpaired) electrons. The van der Waals surface area contributed by atoms with Crippen molar-refractivity contribution in [3.8, 4) is 0 Å². The lowest BCUT2D eigenvalue weighted by Gasteiger charge is -2.05. The zero-order chi connectivity index (χ0) is 14.2. The summed E-state index contributed by atoms with van der Waals surface area (Å²) in [4.78, 5) is 25.1. The number of carbonyl (C=O) groups is 1. The molecule has 7 nitrogen and oxygen atoms in total. The third-order valence-electron chi connectivity index (χ3n) is 2.36. The van der Waals surface area contributed by atoms with Crippen LogP contribution in [0.3, 0.4) is 0 Å². The Labute approximate surface area is 107 Å². The summed E-state index contributed by atoms with van der Waals surface area (Å²) in [5, 5.41) is 9.02. The molecule has 0 fully saturated rings. The summed E-state index contributed by atoms with van der Waals surface area (Å²) in [7, 11) is -3.44. The van der Waals surface area contributed by atoms with Gasteiger partial charge in [-0.2, -0.15) is 0 Å². The number of carboxylic acid groups (broad SMARTS) is 1. The third-order valence-corrected chi connectivity index (χ3v) is 2.97. The summed E-state index contributed by atoms with van der Waals surface area (Å²) in [5.41, 5.74) is -0.155. The number of carboxylic acids is 1. The number of fused-ring (bicyclic) bond motifs is 1. The lowest BCUT2D eigenvalue weighted by atomic mass is 10.2. The van der Waals surface area contributed by atoms with Gasteiger partial charge in [0.25, 0.3) is 0 Å². The number of aromatic nitrogens is 1. The van der Waals surface area contributed by atoms with Crippen LogP contribution in [0.15, 0.2) is 29.1 Å². The molecule has 19 heavy (non-hydrogen) atoms. The lowest BCUT2D eigenvalue weighted by molar-refractivity contribution is 0.0691. The standard InChI is InChI=1S/C11H10N2O5S/c1-19(17,18)13-6-2-3-8-7(4-6)10(14)5-9(12-8)11(15)16/h2-5,13H,1H3,(H,12,14)(H,15,16). The predicted molar refractivity (Wildman–Crippen MR) is 70.0 cm³/mol. The molecule has 0 aliphatic carbocycles. The summed E-state index contributed by atoms with van der Waals surface area (Å²) < 4.78 is 24.4. The van der Waals surface area contributed by atoms with Crippen LogP contribution in [0.1, 0.15) is 10.5 Å². The van der Waals surface area contributed by atoms with Gasteiger partial charge in [-0.25, -0.2) is 13.2 Å². The number of aromatic amines is 1. The second-order valence-corrected chi connectivity index (χ2v) is 5.74. The summed E-state index contributed by atoms with van der Waals surface area (Å²) in [6.45, 7) is 0. The largest absolute Gasteiger partial charge is 0.477 e. The molecule has 0 unspecified atom stereocenters. The van der Waals surface area contributed by atoms with Gasteiger partial charge in [-0.1, -0.05) is 0 Å². The Morgan fingerprint density at radius 3 is 2.58 bits per heavy atom. The first-order valence-corrected chi connectivity index (χ1v) is 7.03. The van der Waals surface area contributed by atoms with Crippen molar-refractivity contribution in [3.05, 3.63) is 40.2 Å². The molecular formula is C11H10N2O5S. The van der Waals surface area contributed by atoms with Crippen molar-refractivity contribution < 1.29 is 18.3 Å². The van der Waals surface area contributed by atoms with Gasteiger partial charge in [-0.15, -0.1) is 0 Å². The summed E-state index contributed by atoms with van der Waals surface area (Å²) in [6, 6.07) is 5.18. The number of nitrogens with one attached hydrogen (secondary N) is 2. The first-order chi connectivity index (χ1) is 8.76. The van der Waals surface area contributed by atoms with Gasteiger partial charge in [-0.3, -0.25) is 9.52 Å².